The fourth-order valence-electron chi connectivity index (χ4n) is 3.03. The quantitative estimate of drug-likeness (QED) is 0.846. The molecule has 0 aromatic heterocycles. The zero-order valence-corrected chi connectivity index (χ0v) is 16.2. The van der Waals surface area contributed by atoms with Crippen LogP contribution in [0.2, 0.25) is 5.02 Å². The number of piperazine rings is 1. The zero-order chi connectivity index (χ0) is 19.4. The Bertz CT molecular complexity index is 830. The maximum Gasteiger partial charge on any atom is 0.255 e. The van der Waals surface area contributed by atoms with Gasteiger partial charge in [-0.25, -0.2) is 0 Å². The van der Waals surface area contributed by atoms with Gasteiger partial charge < -0.3 is 20.4 Å². The van der Waals surface area contributed by atoms with E-state index in [1.807, 2.05) is 12.1 Å². The van der Waals surface area contributed by atoms with E-state index in [2.05, 4.69) is 27.5 Å². The first-order chi connectivity index (χ1) is 12.9. The van der Waals surface area contributed by atoms with Gasteiger partial charge in [-0.15, -0.1) is 0 Å². The molecule has 3 rings (SSSR count). The molecule has 0 saturated carbocycles. The highest BCUT2D eigenvalue weighted by atomic mass is 35.5. The molecule has 142 valence electrons. The maximum atomic E-state index is 12.7. The highest BCUT2D eigenvalue weighted by molar-refractivity contribution is 6.31. The topological polar surface area (TPSA) is 64.7 Å². The Labute approximate surface area is 164 Å². The molecule has 0 unspecified atom stereocenters. The van der Waals surface area contributed by atoms with Gasteiger partial charge in [0.05, 0.1) is 11.4 Å². The van der Waals surface area contributed by atoms with Crippen LogP contribution in [-0.4, -0.2) is 49.9 Å². The lowest BCUT2D eigenvalue weighted by atomic mass is 10.1. The standard InChI is InChI=1S/C20H23ClN4O2/c1-14(26)22-17-6-3-15(4-7-17)20(27)23-18-13-16(21)5-8-19(18)25-11-9-24(2)10-12-25/h3-8,13H,9-12H2,1-2H3,(H,22,26)(H,23,27). The van der Waals surface area contributed by atoms with E-state index in [-0.39, 0.29) is 11.8 Å². The average Bonchev–Trinajstić information content (AvgIpc) is 2.63. The predicted octanol–water partition coefficient (Wildman–Crippen LogP) is 3.30. The number of likely N-dealkylation sites (N-methyl/N-ethyl adjacent to an activating group) is 1. The lowest BCUT2D eigenvalue weighted by molar-refractivity contribution is -0.114. The van der Waals surface area contributed by atoms with Gasteiger partial charge in [-0.1, -0.05) is 11.6 Å². The van der Waals surface area contributed by atoms with Gasteiger partial charge in [0, 0.05) is 49.4 Å². The normalized spacial score (nSPS) is 14.7. The van der Waals surface area contributed by atoms with Gasteiger partial charge in [-0.3, -0.25) is 9.59 Å². The molecule has 1 saturated heterocycles. The highest BCUT2D eigenvalue weighted by Gasteiger charge is 2.18. The molecule has 27 heavy (non-hydrogen) atoms. The minimum absolute atomic E-state index is 0.150. The number of hydrogen-bond acceptors (Lipinski definition) is 4. The minimum atomic E-state index is -0.220. The molecule has 6 nitrogen and oxygen atoms in total. The Morgan fingerprint density at radius 1 is 0.963 bits per heavy atom. The largest absolute Gasteiger partial charge is 0.367 e. The predicted molar refractivity (Wildman–Crippen MR) is 110 cm³/mol. The van der Waals surface area contributed by atoms with E-state index in [1.54, 1.807) is 30.3 Å². The van der Waals surface area contributed by atoms with E-state index < -0.39 is 0 Å². The molecule has 2 aromatic carbocycles. The number of amides is 2. The second-order valence-electron chi connectivity index (χ2n) is 6.66. The average molecular weight is 387 g/mol. The Hall–Kier alpha value is -2.57. The SMILES string of the molecule is CC(=O)Nc1ccc(C(=O)Nc2cc(Cl)ccc2N2CCN(C)CC2)cc1. The Morgan fingerprint density at radius 3 is 2.26 bits per heavy atom. The van der Waals surface area contributed by atoms with E-state index >= 15 is 0 Å². The monoisotopic (exact) mass is 386 g/mol. The van der Waals surface area contributed by atoms with Crippen molar-refractivity contribution >= 4 is 40.5 Å². The van der Waals surface area contributed by atoms with Crippen molar-refractivity contribution in [1.82, 2.24) is 4.90 Å². The Balaban J connectivity index is 1.77. The van der Waals surface area contributed by atoms with Gasteiger partial charge in [0.25, 0.3) is 5.91 Å². The summed E-state index contributed by atoms with van der Waals surface area (Å²) in [6, 6.07) is 12.3. The van der Waals surface area contributed by atoms with Crippen molar-refractivity contribution in [3.8, 4) is 0 Å². The zero-order valence-electron chi connectivity index (χ0n) is 15.5. The van der Waals surface area contributed by atoms with Gasteiger partial charge in [0.2, 0.25) is 5.91 Å². The van der Waals surface area contributed by atoms with Crippen molar-refractivity contribution in [2.75, 3.05) is 48.8 Å². The molecule has 1 fully saturated rings. The number of carbonyl (C=O) groups is 2. The number of halogens is 1. The van der Waals surface area contributed by atoms with Crippen molar-refractivity contribution in [2.24, 2.45) is 0 Å². The summed E-state index contributed by atoms with van der Waals surface area (Å²) in [5.74, 6) is -0.370. The number of anilines is 3. The van der Waals surface area contributed by atoms with Crippen molar-refractivity contribution in [1.29, 1.82) is 0 Å². The van der Waals surface area contributed by atoms with Gasteiger partial charge in [0.15, 0.2) is 0 Å². The summed E-state index contributed by atoms with van der Waals surface area (Å²) in [5.41, 5.74) is 2.83. The fourth-order valence-corrected chi connectivity index (χ4v) is 3.21. The van der Waals surface area contributed by atoms with E-state index in [0.717, 1.165) is 31.9 Å². The van der Waals surface area contributed by atoms with Crippen LogP contribution in [0.5, 0.6) is 0 Å². The molecule has 0 aliphatic carbocycles. The number of hydrogen-bond donors (Lipinski definition) is 2. The molecule has 2 amide bonds. The summed E-state index contributed by atoms with van der Waals surface area (Å²) >= 11 is 6.16. The van der Waals surface area contributed by atoms with Crippen LogP contribution in [0.1, 0.15) is 17.3 Å². The van der Waals surface area contributed by atoms with Crippen molar-refractivity contribution in [2.45, 2.75) is 6.92 Å². The number of rotatable bonds is 4. The number of nitrogens with zero attached hydrogens (tertiary/aromatic N) is 2. The first kappa shape index (κ1) is 19.2. The van der Waals surface area contributed by atoms with Crippen LogP contribution in [-0.2, 0) is 4.79 Å². The van der Waals surface area contributed by atoms with Crippen LogP contribution in [0.4, 0.5) is 17.1 Å². The van der Waals surface area contributed by atoms with Crippen molar-refractivity contribution in [3.05, 3.63) is 53.1 Å². The van der Waals surface area contributed by atoms with Crippen molar-refractivity contribution < 1.29 is 9.59 Å². The second-order valence-corrected chi connectivity index (χ2v) is 7.10. The third-order valence-corrected chi connectivity index (χ3v) is 4.75. The molecular formula is C20H23ClN4O2. The Morgan fingerprint density at radius 2 is 1.63 bits per heavy atom. The molecule has 0 radical (unpaired) electrons. The van der Waals surface area contributed by atoms with Gasteiger partial charge >= 0.3 is 0 Å². The summed E-state index contributed by atoms with van der Waals surface area (Å²) in [6.45, 7) is 5.18. The number of nitrogens with one attached hydrogen (secondary N) is 2. The van der Waals surface area contributed by atoms with E-state index in [4.69, 9.17) is 11.6 Å². The first-order valence-electron chi connectivity index (χ1n) is 8.84. The summed E-state index contributed by atoms with van der Waals surface area (Å²) in [7, 11) is 2.10. The molecule has 0 bridgehead atoms. The third kappa shape index (κ3) is 4.99. The van der Waals surface area contributed by atoms with E-state index in [0.29, 0.717) is 22.0 Å². The summed E-state index contributed by atoms with van der Waals surface area (Å²) < 4.78 is 0. The van der Waals surface area contributed by atoms with E-state index in [9.17, 15) is 9.59 Å². The molecule has 1 aliphatic heterocycles. The number of benzene rings is 2. The van der Waals surface area contributed by atoms with Gasteiger partial charge in [-0.2, -0.15) is 0 Å². The Kier molecular flexibility index (Phi) is 5.98. The second kappa shape index (κ2) is 8.41. The lowest BCUT2D eigenvalue weighted by Gasteiger charge is -2.35. The van der Waals surface area contributed by atoms with Crippen LogP contribution in [0, 0.1) is 0 Å². The fraction of sp³-hybridized carbons (Fsp3) is 0.300. The first-order valence-corrected chi connectivity index (χ1v) is 9.22. The number of carbonyl (C=O) groups excluding carboxylic acids is 2. The molecule has 2 aromatic rings. The molecular weight excluding hydrogens is 364 g/mol. The van der Waals surface area contributed by atoms with Crippen molar-refractivity contribution in [3.63, 3.8) is 0 Å². The van der Waals surface area contributed by atoms with Crippen LogP contribution in [0.3, 0.4) is 0 Å². The molecule has 1 heterocycles. The maximum absolute atomic E-state index is 12.7. The summed E-state index contributed by atoms with van der Waals surface area (Å²) in [6.07, 6.45) is 0. The summed E-state index contributed by atoms with van der Waals surface area (Å²) in [4.78, 5) is 28.3. The van der Waals surface area contributed by atoms with Gasteiger partial charge in [-0.05, 0) is 49.5 Å². The minimum Gasteiger partial charge on any atom is -0.367 e. The summed E-state index contributed by atoms with van der Waals surface area (Å²) in [5, 5.41) is 6.23. The van der Waals surface area contributed by atoms with Crippen LogP contribution < -0.4 is 15.5 Å². The molecule has 2 N–H and O–H groups in total. The molecule has 0 atom stereocenters. The van der Waals surface area contributed by atoms with Gasteiger partial charge in [0.1, 0.15) is 0 Å². The molecule has 0 spiro atoms. The van der Waals surface area contributed by atoms with Crippen LogP contribution in [0.25, 0.3) is 0 Å². The van der Waals surface area contributed by atoms with Crippen LogP contribution >= 0.6 is 11.6 Å². The molecule has 7 heteroatoms. The van der Waals surface area contributed by atoms with E-state index in [1.165, 1.54) is 6.92 Å². The smallest absolute Gasteiger partial charge is 0.255 e. The van der Waals surface area contributed by atoms with Crippen LogP contribution in [0.15, 0.2) is 42.5 Å². The highest BCUT2D eigenvalue weighted by Crippen LogP contribution is 2.30. The lowest BCUT2D eigenvalue weighted by Crippen LogP contribution is -2.44. The molecule has 1 aliphatic rings. The third-order valence-electron chi connectivity index (χ3n) is 4.52.